The molecule has 1 unspecified atom stereocenters. The van der Waals surface area contributed by atoms with Crippen LogP contribution >= 0.6 is 0 Å². The lowest BCUT2D eigenvalue weighted by atomic mass is 9.88. The van der Waals surface area contributed by atoms with E-state index in [0.717, 1.165) is 65.9 Å². The van der Waals surface area contributed by atoms with Crippen molar-refractivity contribution in [2.75, 3.05) is 44.9 Å². The Kier molecular flexibility index (Phi) is 13.5. The molecule has 1 atom stereocenters. The van der Waals surface area contributed by atoms with Crippen LogP contribution in [0.15, 0.2) is 97.1 Å². The third kappa shape index (κ3) is 9.94. The molecule has 10 nitrogen and oxygen atoms in total. The Morgan fingerprint density at radius 1 is 0.796 bits per heavy atom. The van der Waals surface area contributed by atoms with Crippen LogP contribution in [0.3, 0.4) is 0 Å². The Bertz CT molecular complexity index is 1910. The SMILES string of the molecule is CC/C(=C(\c1ccc(O)cc1)c1ccc(OCCCOCCCOCCCNc2ccc3c(c2)CN(C2CCC(=O)NC2=O)C3=O)cc1)c1ccccc1. The van der Waals surface area contributed by atoms with Gasteiger partial charge in [-0.1, -0.05) is 61.5 Å². The number of amides is 3. The summed E-state index contributed by atoms with van der Waals surface area (Å²) in [6.07, 6.45) is 3.89. The summed E-state index contributed by atoms with van der Waals surface area (Å²) in [6.45, 7) is 6.32. The summed E-state index contributed by atoms with van der Waals surface area (Å²) < 4.78 is 17.6. The van der Waals surface area contributed by atoms with Crippen molar-refractivity contribution >= 4 is 34.6 Å². The highest BCUT2D eigenvalue weighted by atomic mass is 16.5. The summed E-state index contributed by atoms with van der Waals surface area (Å²) in [5.74, 6) is 0.200. The standard InChI is InChI=1S/C44H49N3O7/c1-2-38(31-9-4-3-5-10-31)42(32-11-16-36(48)17-12-32)33-13-18-37(19-14-33)54-28-8-27-53-26-7-25-52-24-6-23-45-35-15-20-39-34(29-35)30-47(44(39)51)40-21-22-41(49)46-43(40)50/h3-5,9-20,29,40,45,48H,2,6-8,21-28,30H2,1H3,(H,46,49,50)/b42-38-. The number of phenols is 1. The van der Waals surface area contributed by atoms with Gasteiger partial charge in [-0.15, -0.1) is 0 Å². The molecule has 0 saturated carbocycles. The Hall–Kier alpha value is -5.45. The van der Waals surface area contributed by atoms with Crippen LogP contribution in [0.2, 0.25) is 0 Å². The van der Waals surface area contributed by atoms with E-state index in [0.29, 0.717) is 51.6 Å². The van der Waals surface area contributed by atoms with Crippen LogP contribution in [0.4, 0.5) is 5.69 Å². The number of nitrogens with zero attached hydrogens (tertiary/aromatic N) is 1. The number of hydrogen-bond donors (Lipinski definition) is 3. The Morgan fingerprint density at radius 2 is 1.46 bits per heavy atom. The first-order valence-corrected chi connectivity index (χ1v) is 18.9. The van der Waals surface area contributed by atoms with Crippen molar-refractivity contribution in [3.63, 3.8) is 0 Å². The average molecular weight is 732 g/mol. The van der Waals surface area contributed by atoms with Crippen LogP contribution in [-0.2, 0) is 25.6 Å². The van der Waals surface area contributed by atoms with Crippen molar-refractivity contribution < 1.29 is 33.7 Å². The number of rotatable bonds is 19. The minimum Gasteiger partial charge on any atom is -0.508 e. The van der Waals surface area contributed by atoms with Gasteiger partial charge in [0, 0.05) is 63.6 Å². The highest BCUT2D eigenvalue weighted by Crippen LogP contribution is 2.36. The number of nitrogens with one attached hydrogen (secondary N) is 2. The lowest BCUT2D eigenvalue weighted by molar-refractivity contribution is -0.136. The molecule has 0 aliphatic carbocycles. The molecule has 2 aliphatic rings. The summed E-state index contributed by atoms with van der Waals surface area (Å²) in [4.78, 5) is 38.2. The van der Waals surface area contributed by atoms with E-state index in [9.17, 15) is 19.5 Å². The zero-order valence-electron chi connectivity index (χ0n) is 30.9. The molecule has 282 valence electrons. The number of phenolic OH excluding ortho intramolecular Hbond substituents is 1. The fourth-order valence-corrected chi connectivity index (χ4v) is 6.94. The highest BCUT2D eigenvalue weighted by molar-refractivity contribution is 6.05. The summed E-state index contributed by atoms with van der Waals surface area (Å²) in [5.41, 5.74) is 8.11. The molecular formula is C44H49N3O7. The Labute approximate surface area is 317 Å². The molecule has 10 heteroatoms. The van der Waals surface area contributed by atoms with E-state index in [1.165, 1.54) is 11.1 Å². The smallest absolute Gasteiger partial charge is 0.255 e. The maximum atomic E-state index is 12.9. The Morgan fingerprint density at radius 3 is 2.15 bits per heavy atom. The quantitative estimate of drug-likeness (QED) is 0.0525. The molecule has 3 amide bonds. The molecule has 1 saturated heterocycles. The number of hydrogen-bond acceptors (Lipinski definition) is 8. The molecule has 0 spiro atoms. The lowest BCUT2D eigenvalue weighted by Gasteiger charge is -2.29. The van der Waals surface area contributed by atoms with Crippen LogP contribution in [0.5, 0.6) is 11.5 Å². The minimum atomic E-state index is -0.609. The summed E-state index contributed by atoms with van der Waals surface area (Å²) >= 11 is 0. The van der Waals surface area contributed by atoms with Gasteiger partial charge in [-0.05, 0) is 102 Å². The third-order valence-electron chi connectivity index (χ3n) is 9.67. The predicted molar refractivity (Wildman–Crippen MR) is 209 cm³/mol. The fraction of sp³-hybridized carbons (Fsp3) is 0.341. The van der Waals surface area contributed by atoms with E-state index in [2.05, 4.69) is 54.0 Å². The van der Waals surface area contributed by atoms with E-state index in [1.807, 2.05) is 42.5 Å². The molecule has 54 heavy (non-hydrogen) atoms. The van der Waals surface area contributed by atoms with Crippen molar-refractivity contribution in [3.05, 3.63) is 125 Å². The third-order valence-corrected chi connectivity index (χ3v) is 9.67. The van der Waals surface area contributed by atoms with Crippen LogP contribution < -0.4 is 15.4 Å². The topological polar surface area (TPSA) is 126 Å². The number of carbonyl (C=O) groups excluding carboxylic acids is 3. The zero-order valence-corrected chi connectivity index (χ0v) is 30.9. The van der Waals surface area contributed by atoms with Crippen molar-refractivity contribution in [2.24, 2.45) is 0 Å². The second-order valence-corrected chi connectivity index (χ2v) is 13.5. The zero-order chi connectivity index (χ0) is 37.7. The highest BCUT2D eigenvalue weighted by Gasteiger charge is 2.39. The first-order valence-electron chi connectivity index (χ1n) is 18.9. The van der Waals surface area contributed by atoms with Crippen molar-refractivity contribution in [1.82, 2.24) is 10.2 Å². The molecule has 4 aromatic carbocycles. The van der Waals surface area contributed by atoms with Gasteiger partial charge in [-0.3, -0.25) is 19.7 Å². The number of aromatic hydroxyl groups is 1. The second-order valence-electron chi connectivity index (χ2n) is 13.5. The molecule has 0 aromatic heterocycles. The van der Waals surface area contributed by atoms with Gasteiger partial charge >= 0.3 is 0 Å². The van der Waals surface area contributed by atoms with Crippen LogP contribution in [0.25, 0.3) is 11.1 Å². The van der Waals surface area contributed by atoms with Gasteiger partial charge in [0.15, 0.2) is 0 Å². The van der Waals surface area contributed by atoms with E-state index in [4.69, 9.17) is 14.2 Å². The van der Waals surface area contributed by atoms with Crippen molar-refractivity contribution in [3.8, 4) is 11.5 Å². The van der Waals surface area contributed by atoms with Gasteiger partial charge in [0.25, 0.3) is 5.91 Å². The number of benzene rings is 4. The molecular weight excluding hydrogens is 682 g/mol. The van der Waals surface area contributed by atoms with E-state index in [-0.39, 0.29) is 24.0 Å². The maximum Gasteiger partial charge on any atom is 0.255 e. The van der Waals surface area contributed by atoms with Crippen molar-refractivity contribution in [1.29, 1.82) is 0 Å². The van der Waals surface area contributed by atoms with Gasteiger partial charge in [0.2, 0.25) is 11.8 Å². The average Bonchev–Trinajstić information content (AvgIpc) is 3.51. The van der Waals surface area contributed by atoms with Gasteiger partial charge in [0.1, 0.15) is 17.5 Å². The van der Waals surface area contributed by atoms with E-state index in [1.54, 1.807) is 23.1 Å². The number of anilines is 1. The van der Waals surface area contributed by atoms with Gasteiger partial charge in [-0.2, -0.15) is 0 Å². The van der Waals surface area contributed by atoms with Gasteiger partial charge < -0.3 is 29.5 Å². The molecule has 3 N–H and O–H groups in total. The number of imide groups is 1. The second kappa shape index (κ2) is 19.0. The number of carbonyl (C=O) groups is 3. The first-order chi connectivity index (χ1) is 26.4. The number of ether oxygens (including phenoxy) is 3. The van der Waals surface area contributed by atoms with Crippen molar-refractivity contribution in [2.45, 2.75) is 58.0 Å². The normalized spacial score (nSPS) is 15.8. The van der Waals surface area contributed by atoms with E-state index < -0.39 is 11.9 Å². The largest absolute Gasteiger partial charge is 0.508 e. The molecule has 6 rings (SSSR count). The molecule has 0 bridgehead atoms. The maximum absolute atomic E-state index is 12.9. The fourth-order valence-electron chi connectivity index (χ4n) is 6.94. The van der Waals surface area contributed by atoms with Gasteiger partial charge in [-0.25, -0.2) is 0 Å². The first kappa shape index (κ1) is 38.3. The number of fused-ring (bicyclic) bond motifs is 1. The lowest BCUT2D eigenvalue weighted by Crippen LogP contribution is -2.52. The summed E-state index contributed by atoms with van der Waals surface area (Å²) in [7, 11) is 0. The molecule has 1 fully saturated rings. The molecule has 0 radical (unpaired) electrons. The number of piperidine rings is 1. The van der Waals surface area contributed by atoms with Gasteiger partial charge in [0.05, 0.1) is 6.61 Å². The van der Waals surface area contributed by atoms with Crippen LogP contribution in [0, 0.1) is 0 Å². The predicted octanol–water partition coefficient (Wildman–Crippen LogP) is 7.22. The Balaban J connectivity index is 0.836. The van der Waals surface area contributed by atoms with Crippen LogP contribution in [0.1, 0.15) is 78.1 Å². The summed E-state index contributed by atoms with van der Waals surface area (Å²) in [6, 6.07) is 31.0. The minimum absolute atomic E-state index is 0.168. The van der Waals surface area contributed by atoms with E-state index >= 15 is 0 Å². The monoisotopic (exact) mass is 731 g/mol. The van der Waals surface area contributed by atoms with Crippen LogP contribution in [-0.4, -0.2) is 73.3 Å². The molecule has 4 aromatic rings. The number of allylic oxidation sites excluding steroid dienone is 1. The molecule has 2 aliphatic heterocycles. The summed E-state index contributed by atoms with van der Waals surface area (Å²) in [5, 5.41) is 15.6. The molecule has 2 heterocycles.